The SMILES string of the molecule is CCOCCOc1ccc(C(=O)Nc2ccc(S(=O)(=O)N(C)C3CCCCC3)cc2)cc1. The molecule has 1 N–H and O–H groups in total. The van der Waals surface area contributed by atoms with Gasteiger partial charge < -0.3 is 14.8 Å². The summed E-state index contributed by atoms with van der Waals surface area (Å²) in [5.74, 6) is 0.388. The average Bonchev–Trinajstić information content (AvgIpc) is 2.82. The van der Waals surface area contributed by atoms with Crippen molar-refractivity contribution in [3.05, 3.63) is 54.1 Å². The van der Waals surface area contributed by atoms with Crippen LogP contribution in [0, 0.1) is 0 Å². The third-order valence-corrected chi connectivity index (χ3v) is 7.62. The second kappa shape index (κ2) is 11.4. The lowest BCUT2D eigenvalue weighted by atomic mass is 9.96. The number of nitrogens with zero attached hydrogens (tertiary/aromatic N) is 1. The summed E-state index contributed by atoms with van der Waals surface area (Å²) >= 11 is 0. The van der Waals surface area contributed by atoms with Gasteiger partial charge in [0, 0.05) is 30.9 Å². The van der Waals surface area contributed by atoms with Crippen LogP contribution in [0.3, 0.4) is 0 Å². The number of carbonyl (C=O) groups excluding carboxylic acids is 1. The van der Waals surface area contributed by atoms with Crippen molar-refractivity contribution >= 4 is 21.6 Å². The first kappa shape index (κ1) is 24.2. The number of ether oxygens (including phenoxy) is 2. The molecule has 32 heavy (non-hydrogen) atoms. The molecule has 2 aromatic carbocycles. The Kier molecular flexibility index (Phi) is 8.67. The van der Waals surface area contributed by atoms with Gasteiger partial charge in [0.05, 0.1) is 11.5 Å². The Morgan fingerprint density at radius 3 is 2.28 bits per heavy atom. The summed E-state index contributed by atoms with van der Waals surface area (Å²) in [6.45, 7) is 3.54. The minimum atomic E-state index is -3.55. The lowest BCUT2D eigenvalue weighted by Gasteiger charge is -2.30. The molecule has 3 rings (SSSR count). The van der Waals surface area contributed by atoms with E-state index in [0.29, 0.717) is 36.8 Å². The van der Waals surface area contributed by atoms with Crippen LogP contribution < -0.4 is 10.1 Å². The van der Waals surface area contributed by atoms with Crippen molar-refractivity contribution < 1.29 is 22.7 Å². The summed E-state index contributed by atoms with van der Waals surface area (Å²) in [7, 11) is -1.90. The molecule has 0 unspecified atom stereocenters. The molecular formula is C24H32N2O5S. The number of hydrogen-bond acceptors (Lipinski definition) is 5. The number of nitrogens with one attached hydrogen (secondary N) is 1. The summed E-state index contributed by atoms with van der Waals surface area (Å²) in [5, 5.41) is 2.80. The molecule has 0 radical (unpaired) electrons. The van der Waals surface area contributed by atoms with Gasteiger partial charge in [-0.2, -0.15) is 4.31 Å². The molecule has 2 aromatic rings. The molecule has 0 bridgehead atoms. The van der Waals surface area contributed by atoms with Crippen LogP contribution in [0.4, 0.5) is 5.69 Å². The van der Waals surface area contributed by atoms with E-state index in [0.717, 1.165) is 25.7 Å². The van der Waals surface area contributed by atoms with Crippen LogP contribution >= 0.6 is 0 Å². The monoisotopic (exact) mass is 460 g/mol. The summed E-state index contributed by atoms with van der Waals surface area (Å²) in [6, 6.07) is 13.2. The van der Waals surface area contributed by atoms with Gasteiger partial charge in [0.2, 0.25) is 10.0 Å². The Hall–Kier alpha value is -2.42. The number of rotatable bonds is 10. The Bertz CT molecular complexity index is 968. The van der Waals surface area contributed by atoms with Gasteiger partial charge in [-0.25, -0.2) is 8.42 Å². The van der Waals surface area contributed by atoms with E-state index in [2.05, 4.69) is 5.32 Å². The summed E-state index contributed by atoms with van der Waals surface area (Å²) < 4.78 is 38.2. The van der Waals surface area contributed by atoms with Crippen LogP contribution in [0.15, 0.2) is 53.4 Å². The highest BCUT2D eigenvalue weighted by Crippen LogP contribution is 2.27. The Morgan fingerprint density at radius 1 is 1.00 bits per heavy atom. The number of anilines is 1. The average molecular weight is 461 g/mol. The first-order chi connectivity index (χ1) is 15.4. The number of hydrogen-bond donors (Lipinski definition) is 1. The quantitative estimate of drug-likeness (QED) is 0.534. The second-order valence-corrected chi connectivity index (χ2v) is 9.86. The number of sulfonamides is 1. The molecule has 0 atom stereocenters. The molecule has 1 fully saturated rings. The fraction of sp³-hybridized carbons (Fsp3) is 0.458. The van der Waals surface area contributed by atoms with E-state index in [9.17, 15) is 13.2 Å². The van der Waals surface area contributed by atoms with E-state index >= 15 is 0 Å². The van der Waals surface area contributed by atoms with Crippen LogP contribution in [0.5, 0.6) is 5.75 Å². The van der Waals surface area contributed by atoms with E-state index < -0.39 is 10.0 Å². The van der Waals surface area contributed by atoms with Crippen molar-refractivity contribution in [3.63, 3.8) is 0 Å². The smallest absolute Gasteiger partial charge is 0.255 e. The zero-order valence-electron chi connectivity index (χ0n) is 18.7. The van der Waals surface area contributed by atoms with Gasteiger partial charge in [-0.15, -0.1) is 0 Å². The van der Waals surface area contributed by atoms with E-state index in [-0.39, 0.29) is 16.8 Å². The highest BCUT2D eigenvalue weighted by Gasteiger charge is 2.28. The summed E-state index contributed by atoms with van der Waals surface area (Å²) in [5.41, 5.74) is 1.02. The van der Waals surface area contributed by atoms with Crippen LogP contribution in [0.2, 0.25) is 0 Å². The standard InChI is InChI=1S/C24H32N2O5S/c1-3-30-17-18-31-22-13-9-19(10-14-22)24(27)25-20-11-15-23(16-12-20)32(28,29)26(2)21-7-5-4-6-8-21/h9-16,21H,3-8,17-18H2,1-2H3,(H,25,27). The Labute approximate surface area is 190 Å². The number of benzene rings is 2. The summed E-state index contributed by atoms with van der Waals surface area (Å²) in [6.07, 6.45) is 5.11. The van der Waals surface area contributed by atoms with Crippen molar-refractivity contribution in [2.75, 3.05) is 32.2 Å². The van der Waals surface area contributed by atoms with Gasteiger partial charge in [0.1, 0.15) is 12.4 Å². The minimum absolute atomic E-state index is 0.0549. The molecule has 0 aromatic heterocycles. The second-order valence-electron chi connectivity index (χ2n) is 7.86. The van der Waals surface area contributed by atoms with Crippen LogP contribution in [0.25, 0.3) is 0 Å². The zero-order chi connectivity index (χ0) is 23.0. The maximum atomic E-state index is 12.9. The number of amides is 1. The van der Waals surface area contributed by atoms with E-state index in [4.69, 9.17) is 9.47 Å². The van der Waals surface area contributed by atoms with Crippen LogP contribution in [-0.2, 0) is 14.8 Å². The van der Waals surface area contributed by atoms with Gasteiger partial charge >= 0.3 is 0 Å². The zero-order valence-corrected chi connectivity index (χ0v) is 19.6. The topological polar surface area (TPSA) is 84.9 Å². The Balaban J connectivity index is 1.58. The number of carbonyl (C=O) groups is 1. The van der Waals surface area contributed by atoms with Gasteiger partial charge in [-0.3, -0.25) is 4.79 Å². The maximum absolute atomic E-state index is 12.9. The van der Waals surface area contributed by atoms with Gasteiger partial charge in [-0.05, 0) is 68.3 Å². The maximum Gasteiger partial charge on any atom is 0.255 e. The molecule has 1 saturated carbocycles. The molecule has 0 spiro atoms. The molecule has 1 aliphatic rings. The van der Waals surface area contributed by atoms with Crippen molar-refractivity contribution in [2.45, 2.75) is 50.0 Å². The fourth-order valence-corrected chi connectivity index (χ4v) is 5.20. The molecule has 7 nitrogen and oxygen atoms in total. The molecule has 0 aliphatic heterocycles. The first-order valence-electron chi connectivity index (χ1n) is 11.1. The third kappa shape index (κ3) is 6.31. The molecule has 1 amide bonds. The van der Waals surface area contributed by atoms with Crippen LogP contribution in [0.1, 0.15) is 49.4 Å². The largest absolute Gasteiger partial charge is 0.491 e. The third-order valence-electron chi connectivity index (χ3n) is 5.70. The van der Waals surface area contributed by atoms with Gasteiger partial charge in [0.25, 0.3) is 5.91 Å². The molecule has 174 valence electrons. The first-order valence-corrected chi connectivity index (χ1v) is 12.6. The van der Waals surface area contributed by atoms with Gasteiger partial charge in [-0.1, -0.05) is 19.3 Å². The van der Waals surface area contributed by atoms with Crippen molar-refractivity contribution in [2.24, 2.45) is 0 Å². The molecule has 1 aliphatic carbocycles. The van der Waals surface area contributed by atoms with Crippen molar-refractivity contribution in [1.82, 2.24) is 4.31 Å². The Morgan fingerprint density at radius 2 is 1.66 bits per heavy atom. The normalized spacial score (nSPS) is 15.0. The molecule has 0 heterocycles. The summed E-state index contributed by atoms with van der Waals surface area (Å²) in [4.78, 5) is 12.8. The predicted molar refractivity (Wildman–Crippen MR) is 125 cm³/mol. The van der Waals surface area contributed by atoms with Crippen LogP contribution in [-0.4, -0.2) is 51.5 Å². The van der Waals surface area contributed by atoms with E-state index in [1.54, 1.807) is 55.6 Å². The fourth-order valence-electron chi connectivity index (χ4n) is 3.79. The van der Waals surface area contributed by atoms with Crippen molar-refractivity contribution in [3.8, 4) is 5.75 Å². The predicted octanol–water partition coefficient (Wildman–Crippen LogP) is 4.31. The van der Waals surface area contributed by atoms with Crippen molar-refractivity contribution in [1.29, 1.82) is 0 Å². The minimum Gasteiger partial charge on any atom is -0.491 e. The van der Waals surface area contributed by atoms with E-state index in [1.165, 1.54) is 10.7 Å². The molecule has 8 heteroatoms. The highest BCUT2D eigenvalue weighted by atomic mass is 32.2. The lowest BCUT2D eigenvalue weighted by Crippen LogP contribution is -2.38. The molecule has 0 saturated heterocycles. The van der Waals surface area contributed by atoms with E-state index in [1.807, 2.05) is 6.92 Å². The van der Waals surface area contributed by atoms with Gasteiger partial charge in [0.15, 0.2) is 0 Å². The highest BCUT2D eigenvalue weighted by molar-refractivity contribution is 7.89. The molecular weight excluding hydrogens is 428 g/mol. The lowest BCUT2D eigenvalue weighted by molar-refractivity contribution is 0.102.